The lowest BCUT2D eigenvalue weighted by Gasteiger charge is -2.06. The number of benzene rings is 1. The zero-order valence-electron chi connectivity index (χ0n) is 7.67. The molecule has 0 radical (unpaired) electrons. The predicted molar refractivity (Wildman–Crippen MR) is 49.4 cm³/mol. The molecule has 0 amide bonds. The van der Waals surface area contributed by atoms with Gasteiger partial charge in [-0.3, -0.25) is 4.99 Å². The van der Waals surface area contributed by atoms with Crippen molar-refractivity contribution in [2.24, 2.45) is 4.99 Å². The minimum atomic E-state index is -0.0399. The SMILES string of the molecule is [2H]C1=NC2(CC2)c2cccc(N)c21. The highest BCUT2D eigenvalue weighted by molar-refractivity contribution is 5.93. The number of rotatable bonds is 0. The Labute approximate surface area is 72.5 Å². The summed E-state index contributed by atoms with van der Waals surface area (Å²) in [6.45, 7) is 0. The van der Waals surface area contributed by atoms with Crippen LogP contribution in [0.1, 0.15) is 25.3 Å². The van der Waals surface area contributed by atoms with Gasteiger partial charge in [-0.25, -0.2) is 0 Å². The van der Waals surface area contributed by atoms with Crippen LogP contribution in [0.5, 0.6) is 0 Å². The van der Waals surface area contributed by atoms with E-state index in [-0.39, 0.29) is 5.54 Å². The molecule has 1 aliphatic carbocycles. The Balaban J connectivity index is 2.32. The predicted octanol–water partition coefficient (Wildman–Crippen LogP) is 1.69. The van der Waals surface area contributed by atoms with Crippen LogP contribution in [0.3, 0.4) is 0 Å². The zero-order valence-corrected chi connectivity index (χ0v) is 6.67. The topological polar surface area (TPSA) is 38.4 Å². The fourth-order valence-electron chi connectivity index (χ4n) is 1.81. The van der Waals surface area contributed by atoms with Gasteiger partial charge >= 0.3 is 0 Å². The van der Waals surface area contributed by atoms with E-state index in [2.05, 4.69) is 4.99 Å². The van der Waals surface area contributed by atoms with Crippen LogP contribution < -0.4 is 5.73 Å². The van der Waals surface area contributed by atoms with Crippen LogP contribution in [0.4, 0.5) is 5.69 Å². The molecule has 1 spiro atoms. The van der Waals surface area contributed by atoms with E-state index in [1.807, 2.05) is 18.2 Å². The number of nitrogens with zero attached hydrogens (tertiary/aromatic N) is 1. The van der Waals surface area contributed by atoms with Gasteiger partial charge in [0.2, 0.25) is 0 Å². The quantitative estimate of drug-likeness (QED) is 0.575. The zero-order chi connectivity index (χ0) is 9.05. The van der Waals surface area contributed by atoms with E-state index in [0.29, 0.717) is 11.9 Å². The lowest BCUT2D eigenvalue weighted by molar-refractivity contribution is 0.765. The van der Waals surface area contributed by atoms with Gasteiger partial charge in [0.15, 0.2) is 0 Å². The van der Waals surface area contributed by atoms with Gasteiger partial charge in [-0.05, 0) is 24.5 Å². The van der Waals surface area contributed by atoms with Gasteiger partial charge in [-0.15, -0.1) is 0 Å². The third kappa shape index (κ3) is 0.583. The Bertz CT molecular complexity index is 419. The van der Waals surface area contributed by atoms with E-state index in [9.17, 15) is 0 Å². The number of fused-ring (bicyclic) bond motifs is 2. The summed E-state index contributed by atoms with van der Waals surface area (Å²) in [6, 6.07) is 5.83. The molecule has 2 heteroatoms. The summed E-state index contributed by atoms with van der Waals surface area (Å²) in [6.07, 6.45) is 2.52. The van der Waals surface area contributed by atoms with Crippen molar-refractivity contribution in [3.05, 3.63) is 29.3 Å². The third-order valence-corrected chi connectivity index (χ3v) is 2.70. The van der Waals surface area contributed by atoms with Gasteiger partial charge < -0.3 is 5.73 Å². The summed E-state index contributed by atoms with van der Waals surface area (Å²) < 4.78 is 7.72. The number of nitrogen functional groups attached to an aromatic ring is 1. The van der Waals surface area contributed by atoms with Gasteiger partial charge in [0.1, 0.15) is 0 Å². The van der Waals surface area contributed by atoms with Crippen molar-refractivity contribution in [1.29, 1.82) is 0 Å². The molecule has 0 unspecified atom stereocenters. The molecule has 1 aliphatic heterocycles. The number of anilines is 1. The Hall–Kier alpha value is -1.31. The summed E-state index contributed by atoms with van der Waals surface area (Å²) in [5, 5.41) is 0. The van der Waals surface area contributed by atoms with Crippen molar-refractivity contribution < 1.29 is 1.37 Å². The summed E-state index contributed by atoms with van der Waals surface area (Å²) in [5.74, 6) is 0. The standard InChI is InChI=1S/C10H10N2/c11-9-3-1-2-8-7(9)6-12-10(8)4-5-10/h1-3,6H,4-5,11H2/i6D. The van der Waals surface area contributed by atoms with Crippen molar-refractivity contribution in [3.8, 4) is 0 Å². The first-order chi connectivity index (χ1) is 6.23. The van der Waals surface area contributed by atoms with Gasteiger partial charge in [-0.2, -0.15) is 0 Å². The van der Waals surface area contributed by atoms with Crippen molar-refractivity contribution >= 4 is 11.9 Å². The van der Waals surface area contributed by atoms with Crippen molar-refractivity contribution in [3.63, 3.8) is 0 Å². The molecule has 2 N–H and O–H groups in total. The lowest BCUT2D eigenvalue weighted by Crippen LogP contribution is -2.00. The molecular weight excluding hydrogens is 148 g/mol. The highest BCUT2D eigenvalue weighted by Crippen LogP contribution is 2.53. The maximum absolute atomic E-state index is 7.72. The molecule has 12 heavy (non-hydrogen) atoms. The molecule has 0 bridgehead atoms. The van der Waals surface area contributed by atoms with Gasteiger partial charge in [0.05, 0.1) is 6.91 Å². The monoisotopic (exact) mass is 159 g/mol. The first-order valence-electron chi connectivity index (χ1n) is 4.69. The van der Waals surface area contributed by atoms with Crippen molar-refractivity contribution in [2.75, 3.05) is 5.73 Å². The average Bonchev–Trinajstić information content (AvgIpc) is 2.78. The van der Waals surface area contributed by atoms with Crippen LogP contribution in [0.25, 0.3) is 0 Å². The smallest absolute Gasteiger partial charge is 0.0865 e. The largest absolute Gasteiger partial charge is 0.398 e. The van der Waals surface area contributed by atoms with Crippen LogP contribution in [0.2, 0.25) is 0 Å². The molecule has 0 atom stereocenters. The number of nitrogens with two attached hydrogens (primary N) is 1. The molecule has 1 aromatic rings. The first-order valence-corrected chi connectivity index (χ1v) is 4.19. The average molecular weight is 159 g/mol. The Morgan fingerprint density at radius 2 is 2.33 bits per heavy atom. The molecule has 60 valence electrons. The second-order valence-corrected chi connectivity index (χ2v) is 3.52. The van der Waals surface area contributed by atoms with Crippen LogP contribution in [0, 0.1) is 0 Å². The molecule has 1 heterocycles. The van der Waals surface area contributed by atoms with E-state index in [1.54, 1.807) is 0 Å². The molecule has 2 aliphatic rings. The van der Waals surface area contributed by atoms with Crippen molar-refractivity contribution in [1.82, 2.24) is 0 Å². The van der Waals surface area contributed by atoms with Gasteiger partial charge in [-0.1, -0.05) is 12.1 Å². The Morgan fingerprint density at radius 3 is 3.08 bits per heavy atom. The second kappa shape index (κ2) is 1.71. The normalized spacial score (nSPS) is 23.3. The molecule has 0 saturated heterocycles. The summed E-state index contributed by atoms with van der Waals surface area (Å²) >= 11 is 0. The third-order valence-electron chi connectivity index (χ3n) is 2.70. The highest BCUT2D eigenvalue weighted by atomic mass is 14.9. The molecular formula is C10H10N2. The minimum Gasteiger partial charge on any atom is -0.398 e. The number of aliphatic imine (C=N–C) groups is 1. The molecule has 0 aromatic heterocycles. The van der Waals surface area contributed by atoms with Crippen LogP contribution in [0.15, 0.2) is 23.2 Å². The first kappa shape index (κ1) is 5.36. The maximum atomic E-state index is 7.72. The minimum absolute atomic E-state index is 0.0399. The van der Waals surface area contributed by atoms with E-state index in [1.165, 1.54) is 0 Å². The maximum Gasteiger partial charge on any atom is 0.0865 e. The Kier molecular flexibility index (Phi) is 0.763. The lowest BCUT2D eigenvalue weighted by atomic mass is 10.0. The molecule has 1 fully saturated rings. The molecule has 3 rings (SSSR count). The van der Waals surface area contributed by atoms with E-state index >= 15 is 0 Å². The highest BCUT2D eigenvalue weighted by Gasteiger charge is 2.47. The van der Waals surface area contributed by atoms with E-state index in [4.69, 9.17) is 7.10 Å². The van der Waals surface area contributed by atoms with Crippen molar-refractivity contribution in [2.45, 2.75) is 18.4 Å². The number of hydrogen-bond donors (Lipinski definition) is 1. The van der Waals surface area contributed by atoms with Gasteiger partial charge in [0, 0.05) is 17.4 Å². The fraction of sp³-hybridized carbons (Fsp3) is 0.300. The fourth-order valence-corrected chi connectivity index (χ4v) is 1.81. The van der Waals surface area contributed by atoms with Crippen LogP contribution in [-0.2, 0) is 5.54 Å². The van der Waals surface area contributed by atoms with E-state index in [0.717, 1.165) is 24.0 Å². The summed E-state index contributed by atoms with van der Waals surface area (Å²) in [4.78, 5) is 4.36. The molecule has 2 nitrogen and oxygen atoms in total. The summed E-state index contributed by atoms with van der Waals surface area (Å²) in [5.41, 5.74) is 8.49. The Morgan fingerprint density at radius 1 is 1.50 bits per heavy atom. The van der Waals surface area contributed by atoms with Gasteiger partial charge in [0.25, 0.3) is 0 Å². The van der Waals surface area contributed by atoms with Crippen LogP contribution >= 0.6 is 0 Å². The van der Waals surface area contributed by atoms with Crippen LogP contribution in [-0.4, -0.2) is 6.19 Å². The molecule has 1 aromatic carbocycles. The second-order valence-electron chi connectivity index (χ2n) is 3.52. The van der Waals surface area contributed by atoms with E-state index < -0.39 is 0 Å². The number of hydrogen-bond acceptors (Lipinski definition) is 2. The molecule has 1 saturated carbocycles. The summed E-state index contributed by atoms with van der Waals surface area (Å²) in [7, 11) is 0.